The third-order valence-electron chi connectivity index (χ3n) is 4.98. The first-order chi connectivity index (χ1) is 15.5. The van der Waals surface area contributed by atoms with Crippen molar-refractivity contribution in [3.63, 3.8) is 0 Å². The fourth-order valence-corrected chi connectivity index (χ4v) is 3.55. The molecule has 1 atom stereocenters. The molecule has 0 radical (unpaired) electrons. The topological polar surface area (TPSA) is 46.6 Å². The molecule has 32 heavy (non-hydrogen) atoms. The first-order valence-corrected chi connectivity index (χ1v) is 10.8. The van der Waals surface area contributed by atoms with E-state index >= 15 is 0 Å². The van der Waals surface area contributed by atoms with E-state index in [4.69, 9.17) is 27.9 Å². The van der Waals surface area contributed by atoms with Gasteiger partial charge >= 0.3 is 5.97 Å². The van der Waals surface area contributed by atoms with Crippen molar-refractivity contribution in [1.29, 1.82) is 0 Å². The first-order valence-electron chi connectivity index (χ1n) is 10.1. The molecule has 3 rings (SSSR count). The number of benzene rings is 3. The number of amides is 1. The first kappa shape index (κ1) is 23.6. The van der Waals surface area contributed by atoms with Gasteiger partial charge in [0.15, 0.2) is 6.04 Å². The average molecular weight is 468 g/mol. The number of hydrogen-bond acceptors (Lipinski definition) is 3. The van der Waals surface area contributed by atoms with E-state index in [0.717, 1.165) is 11.1 Å². The molecular formula is C26H23Cl2NO3. The molecule has 0 saturated heterocycles. The lowest BCUT2D eigenvalue weighted by molar-refractivity contribution is -0.151. The van der Waals surface area contributed by atoms with E-state index in [0.29, 0.717) is 28.6 Å². The number of ether oxygens (including phenoxy) is 1. The maximum absolute atomic E-state index is 13.3. The molecule has 1 amide bonds. The number of methoxy groups -OCH3 is 1. The number of carbonyl (C=O) groups excluding carboxylic acids is 2. The van der Waals surface area contributed by atoms with Crippen LogP contribution in [0.25, 0.3) is 6.08 Å². The third kappa shape index (κ3) is 6.46. The summed E-state index contributed by atoms with van der Waals surface area (Å²) >= 11 is 12.0. The van der Waals surface area contributed by atoms with Crippen LogP contribution >= 0.6 is 23.2 Å². The fraction of sp³-hybridized carbons (Fsp3) is 0.154. The predicted molar refractivity (Wildman–Crippen MR) is 129 cm³/mol. The lowest BCUT2D eigenvalue weighted by Gasteiger charge is -2.29. The molecule has 0 spiro atoms. The molecule has 0 unspecified atom stereocenters. The molecule has 0 aliphatic heterocycles. The average Bonchev–Trinajstić information content (AvgIpc) is 2.82. The van der Waals surface area contributed by atoms with Crippen molar-refractivity contribution in [3.8, 4) is 0 Å². The number of hydrogen-bond donors (Lipinski definition) is 0. The van der Waals surface area contributed by atoms with Gasteiger partial charge in [-0.1, -0.05) is 77.8 Å². The Morgan fingerprint density at radius 1 is 0.906 bits per heavy atom. The van der Waals surface area contributed by atoms with Crippen LogP contribution in [0.5, 0.6) is 0 Å². The van der Waals surface area contributed by atoms with Gasteiger partial charge in [0, 0.05) is 22.7 Å². The molecule has 3 aromatic carbocycles. The van der Waals surface area contributed by atoms with Crippen LogP contribution in [0.3, 0.4) is 0 Å². The van der Waals surface area contributed by atoms with Crippen molar-refractivity contribution in [3.05, 3.63) is 112 Å². The van der Waals surface area contributed by atoms with Gasteiger partial charge < -0.3 is 9.64 Å². The van der Waals surface area contributed by atoms with Crippen LogP contribution in [0.4, 0.5) is 0 Å². The Morgan fingerprint density at radius 3 is 2.09 bits per heavy atom. The molecule has 0 N–H and O–H groups in total. The molecule has 0 saturated carbocycles. The largest absolute Gasteiger partial charge is 0.467 e. The zero-order valence-electron chi connectivity index (χ0n) is 17.6. The molecule has 164 valence electrons. The normalized spacial score (nSPS) is 11.8. The molecule has 0 heterocycles. The van der Waals surface area contributed by atoms with Crippen molar-refractivity contribution in [2.45, 2.75) is 12.5 Å². The lowest BCUT2D eigenvalue weighted by Crippen LogP contribution is -2.40. The second-order valence-electron chi connectivity index (χ2n) is 7.13. The second-order valence-corrected chi connectivity index (χ2v) is 8.00. The summed E-state index contributed by atoms with van der Waals surface area (Å²) in [6, 6.07) is 22.8. The molecule has 3 aromatic rings. The summed E-state index contributed by atoms with van der Waals surface area (Å²) in [6.07, 6.45) is 3.75. The van der Waals surface area contributed by atoms with Crippen molar-refractivity contribution in [1.82, 2.24) is 4.90 Å². The minimum Gasteiger partial charge on any atom is -0.467 e. The lowest BCUT2D eigenvalue weighted by atomic mass is 10.0. The highest BCUT2D eigenvalue weighted by Crippen LogP contribution is 2.25. The molecule has 0 aromatic heterocycles. The monoisotopic (exact) mass is 467 g/mol. The predicted octanol–water partition coefficient (Wildman–Crippen LogP) is 5.99. The molecule has 0 aliphatic carbocycles. The van der Waals surface area contributed by atoms with Crippen molar-refractivity contribution in [2.75, 3.05) is 13.7 Å². The van der Waals surface area contributed by atoms with Crippen molar-refractivity contribution >= 4 is 41.2 Å². The Bertz CT molecular complexity index is 1060. The third-order valence-corrected chi connectivity index (χ3v) is 5.48. The molecule has 0 fully saturated rings. The summed E-state index contributed by atoms with van der Waals surface area (Å²) in [5.41, 5.74) is 2.51. The standard InChI is InChI=1S/C26H23Cl2NO3/c1-32-26(31)25(21-10-14-23(28)15-11-21)29(18-17-20-7-12-22(27)13-8-20)24(30)16-9-19-5-3-2-4-6-19/h2-16,25H,17-18H2,1H3/t25-/m1/s1. The Balaban J connectivity index is 1.92. The van der Waals surface area contributed by atoms with E-state index in [-0.39, 0.29) is 5.91 Å². The van der Waals surface area contributed by atoms with Gasteiger partial charge in [0.25, 0.3) is 0 Å². The number of rotatable bonds is 8. The van der Waals surface area contributed by atoms with Gasteiger partial charge in [-0.25, -0.2) is 4.79 Å². The number of carbonyl (C=O) groups is 2. The van der Waals surface area contributed by atoms with Crippen LogP contribution in [0.15, 0.2) is 84.9 Å². The molecule has 6 heteroatoms. The summed E-state index contributed by atoms with van der Waals surface area (Å²) in [4.78, 5) is 27.6. The van der Waals surface area contributed by atoms with E-state index in [1.807, 2.05) is 42.5 Å². The second kappa shape index (κ2) is 11.5. The van der Waals surface area contributed by atoms with E-state index in [1.54, 1.807) is 42.5 Å². The van der Waals surface area contributed by atoms with Crippen LogP contribution in [-0.4, -0.2) is 30.4 Å². The number of nitrogens with zero attached hydrogens (tertiary/aromatic N) is 1. The quantitative estimate of drug-likeness (QED) is 0.301. The van der Waals surface area contributed by atoms with Crippen LogP contribution in [0.1, 0.15) is 22.7 Å². The summed E-state index contributed by atoms with van der Waals surface area (Å²) in [7, 11) is 1.31. The minimum atomic E-state index is -0.905. The highest BCUT2D eigenvalue weighted by Gasteiger charge is 2.31. The van der Waals surface area contributed by atoms with Crippen LogP contribution in [0.2, 0.25) is 10.0 Å². The Hall–Kier alpha value is -3.08. The molecule has 4 nitrogen and oxygen atoms in total. The van der Waals surface area contributed by atoms with Crippen LogP contribution < -0.4 is 0 Å². The van der Waals surface area contributed by atoms with Crippen molar-refractivity contribution in [2.24, 2.45) is 0 Å². The Morgan fingerprint density at radius 2 is 1.50 bits per heavy atom. The van der Waals surface area contributed by atoms with Crippen LogP contribution in [0, 0.1) is 0 Å². The van der Waals surface area contributed by atoms with E-state index in [2.05, 4.69) is 0 Å². The van der Waals surface area contributed by atoms with Crippen LogP contribution in [-0.2, 0) is 20.7 Å². The number of esters is 1. The summed E-state index contributed by atoms with van der Waals surface area (Å²) in [6.45, 7) is 0.308. The minimum absolute atomic E-state index is 0.298. The number of halogens is 2. The van der Waals surface area contributed by atoms with Gasteiger partial charge in [-0.2, -0.15) is 0 Å². The smallest absolute Gasteiger partial charge is 0.333 e. The fourth-order valence-electron chi connectivity index (χ4n) is 3.29. The van der Waals surface area contributed by atoms with E-state index < -0.39 is 12.0 Å². The zero-order valence-corrected chi connectivity index (χ0v) is 19.1. The van der Waals surface area contributed by atoms with Gasteiger partial charge in [-0.15, -0.1) is 0 Å². The Kier molecular flexibility index (Phi) is 8.48. The van der Waals surface area contributed by atoms with E-state index in [9.17, 15) is 9.59 Å². The SMILES string of the molecule is COC(=O)[C@@H](c1ccc(Cl)cc1)N(CCc1ccc(Cl)cc1)C(=O)C=Cc1ccccc1. The maximum atomic E-state index is 13.3. The zero-order chi connectivity index (χ0) is 22.9. The van der Waals surface area contributed by atoms with Gasteiger partial charge in [0.05, 0.1) is 7.11 Å². The maximum Gasteiger partial charge on any atom is 0.333 e. The highest BCUT2D eigenvalue weighted by atomic mass is 35.5. The Labute approximate surface area is 198 Å². The van der Waals surface area contributed by atoms with Gasteiger partial charge in [0.2, 0.25) is 5.91 Å². The van der Waals surface area contributed by atoms with E-state index in [1.165, 1.54) is 18.1 Å². The highest BCUT2D eigenvalue weighted by molar-refractivity contribution is 6.30. The summed E-state index contributed by atoms with van der Waals surface area (Å²) < 4.78 is 5.05. The van der Waals surface area contributed by atoms with Gasteiger partial charge in [-0.05, 0) is 53.5 Å². The van der Waals surface area contributed by atoms with Gasteiger partial charge in [0.1, 0.15) is 0 Å². The summed E-state index contributed by atoms with van der Waals surface area (Å²) in [5, 5.41) is 1.18. The van der Waals surface area contributed by atoms with Crippen molar-refractivity contribution < 1.29 is 14.3 Å². The molecule has 0 bridgehead atoms. The summed E-state index contributed by atoms with van der Waals surface area (Å²) in [5.74, 6) is -0.821. The molecule has 0 aliphatic rings. The van der Waals surface area contributed by atoms with Gasteiger partial charge in [-0.3, -0.25) is 4.79 Å². The molecular weight excluding hydrogens is 445 g/mol.